The maximum Gasteiger partial charge on any atom is 0.314 e. The van der Waals surface area contributed by atoms with Crippen LogP contribution in [-0.4, -0.2) is 22.1 Å². The second-order valence-electron chi connectivity index (χ2n) is 10.2. The van der Waals surface area contributed by atoms with Gasteiger partial charge in [0.2, 0.25) is 5.91 Å². The lowest BCUT2D eigenvalue weighted by Gasteiger charge is -2.14. The van der Waals surface area contributed by atoms with Gasteiger partial charge in [0, 0.05) is 11.1 Å². The highest BCUT2D eigenvalue weighted by molar-refractivity contribution is 5.85. The molecule has 0 aliphatic heterocycles. The molecule has 37 heavy (non-hydrogen) atoms. The van der Waals surface area contributed by atoms with Gasteiger partial charge in [0.1, 0.15) is 0 Å². The first-order valence-corrected chi connectivity index (χ1v) is 12.7. The molecule has 1 amide bonds. The number of carboxylic acids is 1. The molecule has 2 aliphatic carbocycles. The largest absolute Gasteiger partial charge is 0.481 e. The minimum absolute atomic E-state index is 0.0410. The number of hydrogen-bond donors (Lipinski definition) is 2. The molecule has 0 spiro atoms. The lowest BCUT2D eigenvalue weighted by atomic mass is 9.93. The van der Waals surface area contributed by atoms with Crippen LogP contribution in [0.5, 0.6) is 0 Å². The Labute approximate surface area is 215 Å². The van der Waals surface area contributed by atoms with Gasteiger partial charge in [-0.3, -0.25) is 9.59 Å². The van der Waals surface area contributed by atoms with Crippen molar-refractivity contribution in [1.82, 2.24) is 10.5 Å². The van der Waals surface area contributed by atoms with Crippen LogP contribution in [0.25, 0.3) is 22.5 Å². The normalized spacial score (nSPS) is 17.3. The summed E-state index contributed by atoms with van der Waals surface area (Å²) in [6.45, 7) is 1.86. The molecule has 1 saturated carbocycles. The van der Waals surface area contributed by atoms with Gasteiger partial charge in [-0.1, -0.05) is 78.0 Å². The fourth-order valence-corrected chi connectivity index (χ4v) is 5.48. The summed E-state index contributed by atoms with van der Waals surface area (Å²) in [5.41, 5.74) is 7.08. The molecule has 2 aliphatic rings. The molecule has 0 bridgehead atoms. The van der Waals surface area contributed by atoms with E-state index in [1.54, 1.807) is 0 Å². The van der Waals surface area contributed by atoms with Crippen LogP contribution in [-0.2, 0) is 27.8 Å². The Bertz CT molecular complexity index is 1480. The SMILES string of the molecule is Cc1noc(-c2ccc(-c3ccc(C4(C(=O)O)CC4)cc3)cc2)c1CC(=O)NC1CCc2ccccc21. The Morgan fingerprint density at radius 3 is 2.30 bits per heavy atom. The third-order valence-corrected chi connectivity index (χ3v) is 7.87. The summed E-state index contributed by atoms with van der Waals surface area (Å²) in [7, 11) is 0. The third kappa shape index (κ3) is 4.22. The Kier molecular flexibility index (Phi) is 5.67. The van der Waals surface area contributed by atoms with Crippen molar-refractivity contribution < 1.29 is 19.2 Å². The lowest BCUT2D eigenvalue weighted by Crippen LogP contribution is -2.28. The molecule has 0 saturated heterocycles. The van der Waals surface area contributed by atoms with Gasteiger partial charge < -0.3 is 14.9 Å². The third-order valence-electron chi connectivity index (χ3n) is 7.87. The van der Waals surface area contributed by atoms with E-state index in [4.69, 9.17) is 4.52 Å². The van der Waals surface area contributed by atoms with Crippen molar-refractivity contribution in [2.75, 3.05) is 0 Å². The predicted molar refractivity (Wildman–Crippen MR) is 140 cm³/mol. The van der Waals surface area contributed by atoms with Crippen molar-refractivity contribution in [3.05, 3.63) is 101 Å². The van der Waals surface area contributed by atoms with E-state index in [0.717, 1.165) is 40.7 Å². The fraction of sp³-hybridized carbons (Fsp3) is 0.258. The number of aliphatic carboxylic acids is 1. The average molecular weight is 493 g/mol. The summed E-state index contributed by atoms with van der Waals surface area (Å²) in [5.74, 6) is -0.177. The van der Waals surface area contributed by atoms with Crippen molar-refractivity contribution in [2.45, 2.75) is 50.5 Å². The number of benzene rings is 3. The number of fused-ring (bicyclic) bond motifs is 1. The number of aryl methyl sites for hydroxylation is 2. The predicted octanol–water partition coefficient (Wildman–Crippen LogP) is 5.78. The Morgan fingerprint density at radius 1 is 0.973 bits per heavy atom. The second-order valence-corrected chi connectivity index (χ2v) is 10.2. The first-order valence-electron chi connectivity index (χ1n) is 12.7. The smallest absolute Gasteiger partial charge is 0.314 e. The van der Waals surface area contributed by atoms with Crippen molar-refractivity contribution >= 4 is 11.9 Å². The van der Waals surface area contributed by atoms with Crippen LogP contribution >= 0.6 is 0 Å². The summed E-state index contributed by atoms with van der Waals surface area (Å²) in [6.07, 6.45) is 3.49. The molecule has 1 atom stereocenters. The van der Waals surface area contributed by atoms with E-state index in [9.17, 15) is 14.7 Å². The second kappa shape index (κ2) is 9.04. The molecule has 6 heteroatoms. The van der Waals surface area contributed by atoms with Gasteiger partial charge in [0.25, 0.3) is 0 Å². The molecule has 4 aromatic rings. The fourth-order valence-electron chi connectivity index (χ4n) is 5.48. The van der Waals surface area contributed by atoms with E-state index < -0.39 is 11.4 Å². The Hall–Kier alpha value is -4.19. The molecule has 1 fully saturated rings. The van der Waals surface area contributed by atoms with E-state index in [1.807, 2.05) is 67.6 Å². The quantitative estimate of drug-likeness (QED) is 0.341. The van der Waals surface area contributed by atoms with Gasteiger partial charge in [-0.2, -0.15) is 0 Å². The minimum Gasteiger partial charge on any atom is -0.481 e. The number of aromatic nitrogens is 1. The van der Waals surface area contributed by atoms with Gasteiger partial charge >= 0.3 is 5.97 Å². The lowest BCUT2D eigenvalue weighted by molar-refractivity contribution is -0.140. The highest BCUT2D eigenvalue weighted by Crippen LogP contribution is 2.48. The zero-order valence-electron chi connectivity index (χ0n) is 20.7. The van der Waals surface area contributed by atoms with Crippen LogP contribution in [0.1, 0.15) is 53.3 Å². The molecule has 186 valence electrons. The number of nitrogens with one attached hydrogen (secondary N) is 1. The number of carbonyl (C=O) groups is 2. The number of nitrogens with zero attached hydrogens (tertiary/aromatic N) is 1. The summed E-state index contributed by atoms with van der Waals surface area (Å²) in [4.78, 5) is 24.6. The molecule has 0 radical (unpaired) electrons. The van der Waals surface area contributed by atoms with Crippen LogP contribution in [0, 0.1) is 6.92 Å². The van der Waals surface area contributed by atoms with Crippen molar-refractivity contribution in [2.24, 2.45) is 0 Å². The van der Waals surface area contributed by atoms with E-state index in [-0.39, 0.29) is 18.4 Å². The maximum atomic E-state index is 13.0. The Morgan fingerprint density at radius 2 is 1.62 bits per heavy atom. The molecular weight excluding hydrogens is 464 g/mol. The van der Waals surface area contributed by atoms with Crippen molar-refractivity contribution in [3.8, 4) is 22.5 Å². The van der Waals surface area contributed by atoms with E-state index in [2.05, 4.69) is 22.6 Å². The monoisotopic (exact) mass is 492 g/mol. The molecule has 3 aromatic carbocycles. The van der Waals surface area contributed by atoms with Gasteiger partial charge in [-0.05, 0) is 60.4 Å². The highest BCUT2D eigenvalue weighted by atomic mass is 16.5. The first-order chi connectivity index (χ1) is 17.9. The minimum atomic E-state index is -0.746. The van der Waals surface area contributed by atoms with Crippen LogP contribution in [0.15, 0.2) is 77.3 Å². The summed E-state index contributed by atoms with van der Waals surface area (Å²) in [5, 5.41) is 16.9. The van der Waals surface area contributed by atoms with Crippen molar-refractivity contribution in [1.29, 1.82) is 0 Å². The van der Waals surface area contributed by atoms with Gasteiger partial charge in [0.05, 0.1) is 23.6 Å². The van der Waals surface area contributed by atoms with E-state index in [0.29, 0.717) is 24.3 Å². The molecule has 6 rings (SSSR count). The Balaban J connectivity index is 1.17. The number of hydrogen-bond acceptors (Lipinski definition) is 4. The van der Waals surface area contributed by atoms with Gasteiger partial charge in [0.15, 0.2) is 5.76 Å². The molecular formula is C31H28N2O4. The summed E-state index contributed by atoms with van der Waals surface area (Å²) >= 11 is 0. The topological polar surface area (TPSA) is 92.4 Å². The molecule has 1 heterocycles. The standard InChI is InChI=1S/C31H28N2O4/c1-19-26(18-28(34)32-27-15-12-22-4-2-3-5-25(22)27)29(37-33-19)23-8-6-20(7-9-23)21-10-13-24(14-11-21)31(16-17-31)30(35)36/h2-11,13-14,27H,12,15-18H2,1H3,(H,32,34)(H,35,36). The van der Waals surface area contributed by atoms with E-state index in [1.165, 1.54) is 11.1 Å². The summed E-state index contributed by atoms with van der Waals surface area (Å²) < 4.78 is 5.65. The van der Waals surface area contributed by atoms with E-state index >= 15 is 0 Å². The highest BCUT2D eigenvalue weighted by Gasteiger charge is 2.51. The number of amides is 1. The zero-order valence-corrected chi connectivity index (χ0v) is 20.7. The van der Waals surface area contributed by atoms with Crippen LogP contribution < -0.4 is 5.32 Å². The summed E-state index contributed by atoms with van der Waals surface area (Å²) in [6, 6.07) is 24.1. The zero-order chi connectivity index (χ0) is 25.6. The van der Waals surface area contributed by atoms with Gasteiger partial charge in [-0.15, -0.1) is 0 Å². The average Bonchev–Trinajstić information content (AvgIpc) is 3.54. The molecule has 1 aromatic heterocycles. The van der Waals surface area contributed by atoms with Crippen LogP contribution in [0.4, 0.5) is 0 Å². The molecule has 1 unspecified atom stereocenters. The van der Waals surface area contributed by atoms with Crippen LogP contribution in [0.2, 0.25) is 0 Å². The van der Waals surface area contributed by atoms with Gasteiger partial charge in [-0.25, -0.2) is 0 Å². The molecule has 6 nitrogen and oxygen atoms in total. The number of carboxylic acid groups (broad SMARTS) is 1. The van der Waals surface area contributed by atoms with Crippen LogP contribution in [0.3, 0.4) is 0 Å². The maximum absolute atomic E-state index is 13.0. The molecule has 2 N–H and O–H groups in total. The number of rotatable bonds is 7. The number of carbonyl (C=O) groups excluding carboxylic acids is 1. The first kappa shape index (κ1) is 23.2. The van der Waals surface area contributed by atoms with Crippen molar-refractivity contribution in [3.63, 3.8) is 0 Å².